The molecule has 0 aromatic heterocycles. The van der Waals surface area contributed by atoms with Gasteiger partial charge in [-0.05, 0) is 76.7 Å². The topological polar surface area (TPSA) is 49.3 Å². The summed E-state index contributed by atoms with van der Waals surface area (Å²) in [6.45, 7) is 9.97. The van der Waals surface area contributed by atoms with Crippen molar-refractivity contribution in [1.29, 1.82) is 0 Å². The van der Waals surface area contributed by atoms with Gasteiger partial charge in [-0.25, -0.2) is 0 Å². The van der Waals surface area contributed by atoms with Crippen LogP contribution in [-0.4, -0.2) is 75.4 Å². The Morgan fingerprint density at radius 1 is 1.10 bits per heavy atom. The molecule has 0 radical (unpaired) electrons. The number of nitrogens with zero attached hydrogens (tertiary/aromatic N) is 3. The zero-order valence-electron chi connectivity index (χ0n) is 19.3. The number of guanidine groups is 1. The van der Waals surface area contributed by atoms with E-state index in [1.165, 1.54) is 18.4 Å². The van der Waals surface area contributed by atoms with E-state index < -0.39 is 0 Å². The van der Waals surface area contributed by atoms with Crippen LogP contribution in [0.25, 0.3) is 0 Å². The van der Waals surface area contributed by atoms with Gasteiger partial charge in [-0.2, -0.15) is 0 Å². The molecule has 0 spiro atoms. The molecule has 0 amide bonds. The molecule has 2 fully saturated rings. The number of likely N-dealkylation sites (tertiary alicyclic amines) is 2. The van der Waals surface area contributed by atoms with Crippen LogP contribution in [0.5, 0.6) is 5.75 Å². The minimum absolute atomic E-state index is 0.403. The van der Waals surface area contributed by atoms with Crippen LogP contribution in [-0.2, 0) is 4.74 Å². The molecular weight excluding hydrogens is 376 g/mol. The standard InChI is InChI=1S/C24H40N4O2/c1-5-25-24(28-16-13-22(14-17-28)30-6-2)26-18-20-8-7-15-27(3)23(20)19-9-11-21(29-4)12-10-19/h9-12,20,22-23H,5-8,13-18H2,1-4H3,(H,25,26). The number of hydrogen-bond donors (Lipinski definition) is 1. The Morgan fingerprint density at radius 2 is 1.83 bits per heavy atom. The maximum atomic E-state index is 5.82. The molecule has 2 atom stereocenters. The second kappa shape index (κ2) is 11.6. The van der Waals surface area contributed by atoms with Gasteiger partial charge < -0.3 is 19.7 Å². The third-order valence-corrected chi connectivity index (χ3v) is 6.42. The van der Waals surface area contributed by atoms with E-state index >= 15 is 0 Å². The summed E-state index contributed by atoms with van der Waals surface area (Å²) < 4.78 is 11.2. The molecule has 2 saturated heterocycles. The van der Waals surface area contributed by atoms with Gasteiger partial charge in [0.05, 0.1) is 13.2 Å². The van der Waals surface area contributed by atoms with Crippen molar-refractivity contribution in [1.82, 2.24) is 15.1 Å². The molecular formula is C24H40N4O2. The zero-order chi connectivity index (χ0) is 21.3. The highest BCUT2D eigenvalue weighted by atomic mass is 16.5. The first-order valence-corrected chi connectivity index (χ1v) is 11.6. The Hall–Kier alpha value is -1.79. The second-order valence-electron chi connectivity index (χ2n) is 8.44. The van der Waals surface area contributed by atoms with Crippen molar-refractivity contribution in [3.63, 3.8) is 0 Å². The van der Waals surface area contributed by atoms with Crippen molar-refractivity contribution < 1.29 is 9.47 Å². The van der Waals surface area contributed by atoms with E-state index in [1.54, 1.807) is 7.11 Å². The van der Waals surface area contributed by atoms with Crippen LogP contribution in [0.1, 0.15) is 51.1 Å². The highest BCUT2D eigenvalue weighted by Crippen LogP contribution is 2.36. The molecule has 1 aromatic rings. The summed E-state index contributed by atoms with van der Waals surface area (Å²) in [6, 6.07) is 8.98. The van der Waals surface area contributed by atoms with E-state index in [-0.39, 0.29) is 0 Å². The molecule has 2 aliphatic heterocycles. The zero-order valence-corrected chi connectivity index (χ0v) is 19.3. The largest absolute Gasteiger partial charge is 0.497 e. The SMILES string of the molecule is CCNC(=NCC1CCCN(C)C1c1ccc(OC)cc1)N1CCC(OCC)CC1. The van der Waals surface area contributed by atoms with Crippen molar-refractivity contribution in [2.24, 2.45) is 10.9 Å². The van der Waals surface area contributed by atoms with Crippen LogP contribution in [0, 0.1) is 5.92 Å². The summed E-state index contributed by atoms with van der Waals surface area (Å²) in [6.07, 6.45) is 5.02. The average molecular weight is 417 g/mol. The van der Waals surface area contributed by atoms with Crippen LogP contribution < -0.4 is 10.1 Å². The van der Waals surface area contributed by atoms with Gasteiger partial charge >= 0.3 is 0 Å². The molecule has 6 nitrogen and oxygen atoms in total. The van der Waals surface area contributed by atoms with Gasteiger partial charge in [0, 0.05) is 38.8 Å². The lowest BCUT2D eigenvalue weighted by Crippen LogP contribution is -2.47. The normalized spacial score (nSPS) is 24.1. The van der Waals surface area contributed by atoms with E-state index in [0.29, 0.717) is 18.1 Å². The predicted octanol–water partition coefficient (Wildman–Crippen LogP) is 3.54. The van der Waals surface area contributed by atoms with Crippen molar-refractivity contribution in [2.45, 2.75) is 51.7 Å². The fourth-order valence-electron chi connectivity index (χ4n) is 4.88. The smallest absolute Gasteiger partial charge is 0.193 e. The molecule has 30 heavy (non-hydrogen) atoms. The maximum Gasteiger partial charge on any atom is 0.193 e. The summed E-state index contributed by atoms with van der Waals surface area (Å²) in [5, 5.41) is 3.52. The van der Waals surface area contributed by atoms with Crippen molar-refractivity contribution >= 4 is 5.96 Å². The number of aliphatic imine (C=N–C) groups is 1. The van der Waals surface area contributed by atoms with Crippen LogP contribution >= 0.6 is 0 Å². The van der Waals surface area contributed by atoms with Gasteiger partial charge in [0.2, 0.25) is 0 Å². The van der Waals surface area contributed by atoms with Crippen LogP contribution in [0.2, 0.25) is 0 Å². The van der Waals surface area contributed by atoms with Crippen molar-refractivity contribution in [3.05, 3.63) is 29.8 Å². The lowest BCUT2D eigenvalue weighted by molar-refractivity contribution is 0.0263. The first kappa shape index (κ1) is 22.9. The van der Waals surface area contributed by atoms with Crippen LogP contribution in [0.4, 0.5) is 0 Å². The summed E-state index contributed by atoms with van der Waals surface area (Å²) in [5.74, 6) is 2.50. The van der Waals surface area contributed by atoms with Crippen LogP contribution in [0.3, 0.4) is 0 Å². The van der Waals surface area contributed by atoms with Crippen molar-refractivity contribution in [3.8, 4) is 5.75 Å². The highest BCUT2D eigenvalue weighted by molar-refractivity contribution is 5.80. The molecule has 1 aromatic carbocycles. The fourth-order valence-corrected chi connectivity index (χ4v) is 4.88. The van der Waals surface area contributed by atoms with E-state index in [4.69, 9.17) is 14.5 Å². The van der Waals surface area contributed by atoms with E-state index in [1.807, 2.05) is 0 Å². The fraction of sp³-hybridized carbons (Fsp3) is 0.708. The van der Waals surface area contributed by atoms with Crippen molar-refractivity contribution in [2.75, 3.05) is 53.5 Å². The van der Waals surface area contributed by atoms with Gasteiger partial charge in [-0.15, -0.1) is 0 Å². The Labute approximate surface area is 182 Å². The number of benzene rings is 1. The van der Waals surface area contributed by atoms with E-state index in [2.05, 4.69) is 60.3 Å². The Morgan fingerprint density at radius 3 is 2.47 bits per heavy atom. The molecule has 1 N–H and O–H groups in total. The molecule has 6 heteroatoms. The van der Waals surface area contributed by atoms with Gasteiger partial charge in [0.25, 0.3) is 0 Å². The summed E-state index contributed by atoms with van der Waals surface area (Å²) in [7, 11) is 3.97. The van der Waals surface area contributed by atoms with E-state index in [9.17, 15) is 0 Å². The van der Waals surface area contributed by atoms with E-state index in [0.717, 1.165) is 63.9 Å². The quantitative estimate of drug-likeness (QED) is 0.544. The Balaban J connectivity index is 1.69. The van der Waals surface area contributed by atoms with Gasteiger partial charge in [-0.1, -0.05) is 12.1 Å². The summed E-state index contributed by atoms with van der Waals surface area (Å²) in [4.78, 5) is 10.0. The molecule has 0 bridgehead atoms. The molecule has 2 aliphatic rings. The molecule has 0 saturated carbocycles. The average Bonchev–Trinajstić information content (AvgIpc) is 2.78. The van der Waals surface area contributed by atoms with Crippen LogP contribution in [0.15, 0.2) is 29.3 Å². The number of nitrogens with one attached hydrogen (secondary N) is 1. The Kier molecular flexibility index (Phi) is 8.82. The Bertz CT molecular complexity index is 656. The molecule has 168 valence electrons. The lowest BCUT2D eigenvalue weighted by Gasteiger charge is -2.39. The number of piperidine rings is 2. The first-order valence-electron chi connectivity index (χ1n) is 11.6. The highest BCUT2D eigenvalue weighted by Gasteiger charge is 2.31. The first-order chi connectivity index (χ1) is 14.7. The number of ether oxygens (including phenoxy) is 2. The second-order valence-corrected chi connectivity index (χ2v) is 8.44. The summed E-state index contributed by atoms with van der Waals surface area (Å²) >= 11 is 0. The predicted molar refractivity (Wildman–Crippen MR) is 123 cm³/mol. The third-order valence-electron chi connectivity index (χ3n) is 6.42. The maximum absolute atomic E-state index is 5.82. The molecule has 3 rings (SSSR count). The van der Waals surface area contributed by atoms with Gasteiger partial charge in [-0.3, -0.25) is 9.89 Å². The third kappa shape index (κ3) is 5.88. The monoisotopic (exact) mass is 416 g/mol. The number of hydrogen-bond acceptors (Lipinski definition) is 4. The number of methoxy groups -OCH3 is 1. The van der Waals surface area contributed by atoms with Gasteiger partial charge in [0.1, 0.15) is 5.75 Å². The summed E-state index contributed by atoms with van der Waals surface area (Å²) in [5.41, 5.74) is 1.36. The molecule has 2 heterocycles. The minimum Gasteiger partial charge on any atom is -0.497 e. The number of rotatable bonds is 7. The molecule has 2 unspecified atom stereocenters. The van der Waals surface area contributed by atoms with Gasteiger partial charge in [0.15, 0.2) is 5.96 Å². The minimum atomic E-state index is 0.403. The molecule has 0 aliphatic carbocycles. The lowest BCUT2D eigenvalue weighted by atomic mass is 9.85.